The molecule has 128 valence electrons. The number of para-hydroxylation sites is 1. The van der Waals surface area contributed by atoms with Crippen LogP contribution in [0.1, 0.15) is 31.2 Å². The van der Waals surface area contributed by atoms with Gasteiger partial charge in [0.05, 0.1) is 6.61 Å². The third-order valence-corrected chi connectivity index (χ3v) is 3.93. The molecule has 6 heteroatoms. The number of nitrogens with one attached hydrogen (secondary N) is 3. The Balaban J connectivity index is 1.73. The van der Waals surface area contributed by atoms with E-state index in [0.717, 1.165) is 18.5 Å². The first-order chi connectivity index (χ1) is 11.3. The van der Waals surface area contributed by atoms with E-state index in [1.165, 1.54) is 19.3 Å². The maximum Gasteiger partial charge on any atom is 0.315 e. The summed E-state index contributed by atoms with van der Waals surface area (Å²) in [5.41, 5.74) is 0.892. The van der Waals surface area contributed by atoms with Gasteiger partial charge in [0.1, 0.15) is 12.4 Å². The molecule has 0 aromatic heterocycles. The third-order valence-electron chi connectivity index (χ3n) is 3.93. The topological polar surface area (TPSA) is 82.6 Å². The summed E-state index contributed by atoms with van der Waals surface area (Å²) < 4.78 is 5.46. The van der Waals surface area contributed by atoms with E-state index in [2.05, 4.69) is 16.0 Å². The average Bonchev–Trinajstić information content (AvgIpc) is 2.85. The largest absolute Gasteiger partial charge is 0.491 e. The molecule has 0 bridgehead atoms. The maximum absolute atomic E-state index is 11.9. The first kappa shape index (κ1) is 17.6. The van der Waals surface area contributed by atoms with Crippen molar-refractivity contribution in [3.05, 3.63) is 29.8 Å². The predicted molar refractivity (Wildman–Crippen MR) is 89.5 cm³/mol. The molecule has 1 atom stereocenters. The zero-order chi connectivity index (χ0) is 16.3. The number of carbonyl (C=O) groups excluding carboxylic acids is 1. The first-order valence-corrected chi connectivity index (χ1v) is 8.36. The monoisotopic (exact) mass is 321 g/mol. The van der Waals surface area contributed by atoms with Gasteiger partial charge in [0.15, 0.2) is 0 Å². The molecule has 0 saturated carbocycles. The number of carbonyl (C=O) groups is 1. The van der Waals surface area contributed by atoms with Gasteiger partial charge in [0.25, 0.3) is 0 Å². The molecule has 1 heterocycles. The lowest BCUT2D eigenvalue weighted by Gasteiger charge is -2.17. The van der Waals surface area contributed by atoms with Gasteiger partial charge < -0.3 is 25.8 Å². The molecule has 0 aliphatic carbocycles. The van der Waals surface area contributed by atoms with Crippen molar-refractivity contribution in [1.82, 2.24) is 16.0 Å². The third kappa shape index (κ3) is 6.46. The SMILES string of the molecule is O=C(NCc1ccccc1OCCO)NCC1CCCCCN1. The number of hydrogen-bond donors (Lipinski definition) is 4. The van der Waals surface area contributed by atoms with E-state index in [-0.39, 0.29) is 19.2 Å². The van der Waals surface area contributed by atoms with Crippen molar-refractivity contribution in [3.8, 4) is 5.75 Å². The summed E-state index contributed by atoms with van der Waals surface area (Å²) in [5, 5.41) is 18.1. The fourth-order valence-electron chi connectivity index (χ4n) is 2.68. The van der Waals surface area contributed by atoms with E-state index < -0.39 is 0 Å². The van der Waals surface area contributed by atoms with Crippen LogP contribution in [0.3, 0.4) is 0 Å². The van der Waals surface area contributed by atoms with Crippen molar-refractivity contribution >= 4 is 6.03 Å². The first-order valence-electron chi connectivity index (χ1n) is 8.36. The van der Waals surface area contributed by atoms with Crippen LogP contribution in [0.2, 0.25) is 0 Å². The number of benzene rings is 1. The fraction of sp³-hybridized carbons (Fsp3) is 0.588. The van der Waals surface area contributed by atoms with Gasteiger partial charge in [-0.3, -0.25) is 0 Å². The Bertz CT molecular complexity index is 474. The number of aliphatic hydroxyl groups is 1. The molecule has 1 aliphatic rings. The van der Waals surface area contributed by atoms with Gasteiger partial charge in [0.2, 0.25) is 0 Å². The highest BCUT2D eigenvalue weighted by molar-refractivity contribution is 5.73. The lowest BCUT2D eigenvalue weighted by molar-refractivity contribution is 0.200. The number of amides is 2. The Morgan fingerprint density at radius 1 is 1.26 bits per heavy atom. The average molecular weight is 321 g/mol. The van der Waals surface area contributed by atoms with Crippen molar-refractivity contribution in [3.63, 3.8) is 0 Å². The standard InChI is InChI=1S/C17H27N3O3/c21-10-11-23-16-8-4-3-6-14(16)12-19-17(22)20-13-15-7-2-1-5-9-18-15/h3-4,6,8,15,18,21H,1-2,5,7,9-13H2,(H2,19,20,22). The van der Waals surface area contributed by atoms with Crippen molar-refractivity contribution in [2.24, 2.45) is 0 Å². The summed E-state index contributed by atoms with van der Waals surface area (Å²) >= 11 is 0. The Morgan fingerprint density at radius 2 is 2.13 bits per heavy atom. The number of ether oxygens (including phenoxy) is 1. The molecular weight excluding hydrogens is 294 g/mol. The minimum atomic E-state index is -0.173. The van der Waals surface area contributed by atoms with Crippen LogP contribution in [-0.2, 0) is 6.54 Å². The van der Waals surface area contributed by atoms with Crippen LogP contribution in [-0.4, -0.2) is 43.5 Å². The quantitative estimate of drug-likeness (QED) is 0.612. The molecule has 2 rings (SSSR count). The molecule has 1 unspecified atom stereocenters. The van der Waals surface area contributed by atoms with E-state index in [1.54, 1.807) is 0 Å². The molecule has 4 N–H and O–H groups in total. The number of aliphatic hydroxyl groups excluding tert-OH is 1. The highest BCUT2D eigenvalue weighted by atomic mass is 16.5. The van der Waals surface area contributed by atoms with Crippen LogP contribution in [0.4, 0.5) is 4.79 Å². The maximum atomic E-state index is 11.9. The van der Waals surface area contributed by atoms with E-state index >= 15 is 0 Å². The van der Waals surface area contributed by atoms with Crippen LogP contribution in [0.25, 0.3) is 0 Å². The second-order valence-electron chi connectivity index (χ2n) is 5.74. The fourth-order valence-corrected chi connectivity index (χ4v) is 2.68. The van der Waals surface area contributed by atoms with Gasteiger partial charge in [-0.15, -0.1) is 0 Å². The van der Waals surface area contributed by atoms with E-state index in [1.807, 2.05) is 24.3 Å². The minimum absolute atomic E-state index is 0.0311. The van der Waals surface area contributed by atoms with E-state index in [0.29, 0.717) is 24.9 Å². The second-order valence-corrected chi connectivity index (χ2v) is 5.74. The van der Waals surface area contributed by atoms with Gasteiger partial charge in [-0.1, -0.05) is 31.0 Å². The highest BCUT2D eigenvalue weighted by Gasteiger charge is 2.12. The highest BCUT2D eigenvalue weighted by Crippen LogP contribution is 2.17. The molecule has 1 aromatic rings. The Kier molecular flexibility index (Phi) is 7.69. The Hall–Kier alpha value is -1.79. The molecule has 0 spiro atoms. The van der Waals surface area contributed by atoms with Crippen LogP contribution < -0.4 is 20.7 Å². The van der Waals surface area contributed by atoms with Crippen molar-refractivity contribution in [1.29, 1.82) is 0 Å². The van der Waals surface area contributed by atoms with Crippen molar-refractivity contribution < 1.29 is 14.6 Å². The van der Waals surface area contributed by atoms with Crippen LogP contribution in [0, 0.1) is 0 Å². The predicted octanol–water partition coefficient (Wildman–Crippen LogP) is 1.39. The van der Waals surface area contributed by atoms with Crippen LogP contribution in [0.5, 0.6) is 5.75 Å². The molecule has 1 aliphatic heterocycles. The molecule has 1 saturated heterocycles. The lowest BCUT2D eigenvalue weighted by Crippen LogP contribution is -2.44. The van der Waals surface area contributed by atoms with Gasteiger partial charge >= 0.3 is 6.03 Å². The Labute approximate surface area is 137 Å². The minimum Gasteiger partial charge on any atom is -0.491 e. The van der Waals surface area contributed by atoms with Crippen molar-refractivity contribution in [2.75, 3.05) is 26.3 Å². The summed E-state index contributed by atoms with van der Waals surface area (Å²) in [5.74, 6) is 0.687. The summed E-state index contributed by atoms with van der Waals surface area (Å²) in [6, 6.07) is 7.70. The molecule has 2 amide bonds. The van der Waals surface area contributed by atoms with E-state index in [9.17, 15) is 4.79 Å². The molecule has 23 heavy (non-hydrogen) atoms. The summed E-state index contributed by atoms with van der Waals surface area (Å²) in [4.78, 5) is 11.9. The molecule has 6 nitrogen and oxygen atoms in total. The Morgan fingerprint density at radius 3 is 3.00 bits per heavy atom. The van der Waals surface area contributed by atoms with Gasteiger partial charge in [-0.25, -0.2) is 4.79 Å². The second kappa shape index (κ2) is 10.1. The van der Waals surface area contributed by atoms with Gasteiger partial charge in [-0.2, -0.15) is 0 Å². The lowest BCUT2D eigenvalue weighted by atomic mass is 10.1. The summed E-state index contributed by atoms with van der Waals surface area (Å²) in [7, 11) is 0. The molecular formula is C17H27N3O3. The van der Waals surface area contributed by atoms with Crippen molar-refractivity contribution in [2.45, 2.75) is 38.3 Å². The summed E-state index contributed by atoms with van der Waals surface area (Å²) in [6.45, 7) is 2.29. The van der Waals surface area contributed by atoms with E-state index in [4.69, 9.17) is 9.84 Å². The molecule has 0 radical (unpaired) electrons. The zero-order valence-corrected chi connectivity index (χ0v) is 13.5. The zero-order valence-electron chi connectivity index (χ0n) is 13.5. The number of urea groups is 1. The van der Waals surface area contributed by atoms with Crippen LogP contribution >= 0.6 is 0 Å². The molecule has 1 aromatic carbocycles. The molecule has 1 fully saturated rings. The summed E-state index contributed by atoms with van der Waals surface area (Å²) in [6.07, 6.45) is 4.81. The normalized spacial score (nSPS) is 18.0. The smallest absolute Gasteiger partial charge is 0.315 e. The van der Waals surface area contributed by atoms with Crippen LogP contribution in [0.15, 0.2) is 24.3 Å². The van der Waals surface area contributed by atoms with Gasteiger partial charge in [-0.05, 0) is 25.5 Å². The van der Waals surface area contributed by atoms with Gasteiger partial charge in [0, 0.05) is 24.7 Å². The number of rotatable bonds is 7. The number of hydrogen-bond acceptors (Lipinski definition) is 4.